The molecule has 25 heavy (non-hydrogen) atoms. The molecule has 6 nitrogen and oxygen atoms in total. The molecule has 0 bridgehead atoms. The van der Waals surface area contributed by atoms with Crippen LogP contribution in [0, 0.1) is 20.8 Å². The summed E-state index contributed by atoms with van der Waals surface area (Å²) in [6.07, 6.45) is 1.56. The van der Waals surface area contributed by atoms with Crippen LogP contribution in [-0.4, -0.2) is 67.0 Å². The maximum Gasteiger partial charge on any atom is 0.251 e. The summed E-state index contributed by atoms with van der Waals surface area (Å²) in [4.78, 5) is 29.9. The summed E-state index contributed by atoms with van der Waals surface area (Å²) >= 11 is 1.63. The summed E-state index contributed by atoms with van der Waals surface area (Å²) in [5, 5.41) is 3.99. The molecule has 2 amide bonds. The third-order valence-corrected chi connectivity index (χ3v) is 6.42. The predicted molar refractivity (Wildman–Crippen MR) is 99.2 cm³/mol. The number of hydrogen-bond acceptors (Lipinski definition) is 5. The second kappa shape index (κ2) is 7.85. The average Bonchev–Trinajstić information content (AvgIpc) is 3.21. The molecule has 2 fully saturated rings. The van der Waals surface area contributed by atoms with Gasteiger partial charge in [-0.3, -0.25) is 14.5 Å². The van der Waals surface area contributed by atoms with Gasteiger partial charge in [-0.15, -0.1) is 11.3 Å². The lowest BCUT2D eigenvalue weighted by molar-refractivity contribution is -0.142. The number of piperazine rings is 1. The SMILES string of the molecule is Cc1sc(NC(=O)CN2CCN(C(=O)[C@H]3CCCO3)CC2)c(C)c1C. The number of thiophene rings is 1. The Hall–Kier alpha value is -1.44. The molecule has 2 aliphatic rings. The molecule has 1 aromatic heterocycles. The van der Waals surface area contributed by atoms with Gasteiger partial charge in [-0.05, 0) is 44.7 Å². The van der Waals surface area contributed by atoms with Crippen molar-refractivity contribution in [1.29, 1.82) is 0 Å². The fraction of sp³-hybridized carbons (Fsp3) is 0.667. The molecule has 0 aromatic carbocycles. The van der Waals surface area contributed by atoms with Crippen LogP contribution in [0.1, 0.15) is 28.8 Å². The van der Waals surface area contributed by atoms with E-state index in [1.54, 1.807) is 11.3 Å². The number of carbonyl (C=O) groups excluding carboxylic acids is 2. The van der Waals surface area contributed by atoms with E-state index in [1.165, 1.54) is 10.4 Å². The molecule has 0 saturated carbocycles. The standard InChI is InChI=1S/C18H27N3O3S/c1-12-13(2)17(25-14(12)3)19-16(22)11-20-6-8-21(9-7-20)18(23)15-5-4-10-24-15/h15H,4-11H2,1-3H3,(H,19,22)/t15-/m1/s1. The normalized spacial score (nSPS) is 21.6. The van der Waals surface area contributed by atoms with E-state index in [4.69, 9.17) is 4.74 Å². The Morgan fingerprint density at radius 3 is 2.44 bits per heavy atom. The van der Waals surface area contributed by atoms with Gasteiger partial charge >= 0.3 is 0 Å². The average molecular weight is 365 g/mol. The fourth-order valence-electron chi connectivity index (χ4n) is 3.33. The van der Waals surface area contributed by atoms with E-state index in [2.05, 4.69) is 24.1 Å². The van der Waals surface area contributed by atoms with Gasteiger partial charge in [0.2, 0.25) is 5.91 Å². The number of carbonyl (C=O) groups is 2. The number of anilines is 1. The highest BCUT2D eigenvalue weighted by Crippen LogP contribution is 2.31. The van der Waals surface area contributed by atoms with E-state index in [0.717, 1.165) is 36.5 Å². The summed E-state index contributed by atoms with van der Waals surface area (Å²) in [6.45, 7) is 10.1. The molecule has 7 heteroatoms. The lowest BCUT2D eigenvalue weighted by atomic mass is 10.2. The van der Waals surface area contributed by atoms with Crippen molar-refractivity contribution in [3.05, 3.63) is 16.0 Å². The lowest BCUT2D eigenvalue weighted by Crippen LogP contribution is -2.52. The zero-order valence-corrected chi connectivity index (χ0v) is 16.1. The number of ether oxygens (including phenoxy) is 1. The highest BCUT2D eigenvalue weighted by molar-refractivity contribution is 7.16. The first-order valence-corrected chi connectivity index (χ1v) is 9.76. The van der Waals surface area contributed by atoms with E-state index in [-0.39, 0.29) is 17.9 Å². The molecule has 1 N–H and O–H groups in total. The van der Waals surface area contributed by atoms with Crippen LogP contribution in [0.4, 0.5) is 5.00 Å². The van der Waals surface area contributed by atoms with Gasteiger partial charge in [0.25, 0.3) is 5.91 Å². The third kappa shape index (κ3) is 4.22. The van der Waals surface area contributed by atoms with Crippen LogP contribution in [0.3, 0.4) is 0 Å². The number of aryl methyl sites for hydroxylation is 1. The van der Waals surface area contributed by atoms with E-state index in [0.29, 0.717) is 26.2 Å². The minimum atomic E-state index is -0.247. The third-order valence-electron chi connectivity index (χ3n) is 5.20. The highest BCUT2D eigenvalue weighted by atomic mass is 32.1. The summed E-state index contributed by atoms with van der Waals surface area (Å²) in [5.74, 6) is 0.130. The summed E-state index contributed by atoms with van der Waals surface area (Å²) < 4.78 is 5.48. The van der Waals surface area contributed by atoms with Gasteiger partial charge in [0.05, 0.1) is 11.5 Å². The van der Waals surface area contributed by atoms with Crippen LogP contribution in [-0.2, 0) is 14.3 Å². The second-order valence-corrected chi connectivity index (χ2v) is 8.11. The minimum Gasteiger partial charge on any atom is -0.368 e. The topological polar surface area (TPSA) is 61.9 Å². The Balaban J connectivity index is 1.46. The molecular weight excluding hydrogens is 338 g/mol. The van der Waals surface area contributed by atoms with E-state index in [1.807, 2.05) is 11.8 Å². The number of hydrogen-bond donors (Lipinski definition) is 1. The zero-order valence-electron chi connectivity index (χ0n) is 15.3. The molecule has 138 valence electrons. The van der Waals surface area contributed by atoms with Crippen LogP contribution < -0.4 is 5.32 Å². The number of nitrogens with one attached hydrogen (secondary N) is 1. The van der Waals surface area contributed by atoms with Gasteiger partial charge in [-0.25, -0.2) is 0 Å². The molecule has 3 heterocycles. The summed E-state index contributed by atoms with van der Waals surface area (Å²) in [5.41, 5.74) is 2.41. The minimum absolute atomic E-state index is 0.0169. The van der Waals surface area contributed by atoms with Gasteiger partial charge in [0.15, 0.2) is 0 Å². The molecule has 1 atom stereocenters. The lowest BCUT2D eigenvalue weighted by Gasteiger charge is -2.35. The van der Waals surface area contributed by atoms with Crippen molar-refractivity contribution in [3.63, 3.8) is 0 Å². The molecule has 0 radical (unpaired) electrons. The highest BCUT2D eigenvalue weighted by Gasteiger charge is 2.30. The van der Waals surface area contributed by atoms with E-state index >= 15 is 0 Å². The predicted octanol–water partition coefficient (Wildman–Crippen LogP) is 1.94. The first-order valence-electron chi connectivity index (χ1n) is 8.95. The first-order chi connectivity index (χ1) is 12.0. The quantitative estimate of drug-likeness (QED) is 0.886. The van der Waals surface area contributed by atoms with Crippen molar-refractivity contribution >= 4 is 28.2 Å². The Morgan fingerprint density at radius 1 is 1.16 bits per heavy atom. The largest absolute Gasteiger partial charge is 0.368 e. The van der Waals surface area contributed by atoms with Gasteiger partial charge in [0.1, 0.15) is 6.10 Å². The molecule has 2 aliphatic heterocycles. The Bertz CT molecular complexity index is 644. The van der Waals surface area contributed by atoms with Gasteiger partial charge < -0.3 is 15.0 Å². The smallest absolute Gasteiger partial charge is 0.251 e. The first kappa shape index (κ1) is 18.4. The van der Waals surface area contributed by atoms with Crippen LogP contribution in [0.15, 0.2) is 0 Å². The van der Waals surface area contributed by atoms with Crippen molar-refractivity contribution in [1.82, 2.24) is 9.80 Å². The maximum absolute atomic E-state index is 12.3. The van der Waals surface area contributed by atoms with Crippen LogP contribution in [0.25, 0.3) is 0 Å². The van der Waals surface area contributed by atoms with Crippen LogP contribution in [0.2, 0.25) is 0 Å². The zero-order chi connectivity index (χ0) is 18.0. The summed E-state index contributed by atoms with van der Waals surface area (Å²) in [6, 6.07) is 0. The molecule has 0 aliphatic carbocycles. The molecular formula is C18H27N3O3S. The van der Waals surface area contributed by atoms with Crippen LogP contribution >= 0.6 is 11.3 Å². The molecule has 0 unspecified atom stereocenters. The van der Waals surface area contributed by atoms with Crippen molar-refractivity contribution < 1.29 is 14.3 Å². The monoisotopic (exact) mass is 365 g/mol. The summed E-state index contributed by atoms with van der Waals surface area (Å²) in [7, 11) is 0. The number of amides is 2. The molecule has 1 aromatic rings. The van der Waals surface area contributed by atoms with Crippen molar-refractivity contribution in [2.45, 2.75) is 39.7 Å². The van der Waals surface area contributed by atoms with Crippen molar-refractivity contribution in [3.8, 4) is 0 Å². The molecule has 0 spiro atoms. The van der Waals surface area contributed by atoms with Crippen molar-refractivity contribution in [2.75, 3.05) is 44.6 Å². The van der Waals surface area contributed by atoms with Crippen molar-refractivity contribution in [2.24, 2.45) is 0 Å². The second-order valence-electron chi connectivity index (χ2n) is 6.89. The van der Waals surface area contributed by atoms with E-state index < -0.39 is 0 Å². The Morgan fingerprint density at radius 2 is 1.88 bits per heavy atom. The maximum atomic E-state index is 12.3. The number of rotatable bonds is 4. The fourth-order valence-corrected chi connectivity index (χ4v) is 4.41. The van der Waals surface area contributed by atoms with E-state index in [9.17, 15) is 9.59 Å². The Labute approximate surface area is 153 Å². The number of nitrogens with zero attached hydrogens (tertiary/aromatic N) is 2. The van der Waals surface area contributed by atoms with Crippen LogP contribution in [0.5, 0.6) is 0 Å². The van der Waals surface area contributed by atoms with Gasteiger partial charge in [-0.2, -0.15) is 0 Å². The molecule has 3 rings (SSSR count). The van der Waals surface area contributed by atoms with Gasteiger partial charge in [0, 0.05) is 37.7 Å². The molecule has 2 saturated heterocycles. The van der Waals surface area contributed by atoms with Gasteiger partial charge in [-0.1, -0.05) is 0 Å². The Kier molecular flexibility index (Phi) is 5.76.